The Bertz CT molecular complexity index is 682. The lowest BCUT2D eigenvalue weighted by molar-refractivity contribution is 0.0941. The van der Waals surface area contributed by atoms with E-state index in [-0.39, 0.29) is 5.91 Å². The summed E-state index contributed by atoms with van der Waals surface area (Å²) in [7, 11) is 0. The van der Waals surface area contributed by atoms with E-state index in [1.165, 1.54) is 5.69 Å². The summed E-state index contributed by atoms with van der Waals surface area (Å²) in [4.78, 5) is 18.9. The van der Waals surface area contributed by atoms with Crippen molar-refractivity contribution in [1.82, 2.24) is 10.3 Å². The fourth-order valence-electron chi connectivity index (χ4n) is 3.22. The number of amides is 1. The summed E-state index contributed by atoms with van der Waals surface area (Å²) >= 11 is 0. The summed E-state index contributed by atoms with van der Waals surface area (Å²) in [6.07, 6.45) is 5.82. The minimum absolute atomic E-state index is 0.0550. The van der Waals surface area contributed by atoms with Crippen LogP contribution in [0.15, 0.2) is 48.8 Å². The highest BCUT2D eigenvalue weighted by Gasteiger charge is 2.20. The zero-order valence-electron chi connectivity index (χ0n) is 14.6. The molecule has 1 saturated heterocycles. The smallest absolute Gasteiger partial charge is 0.255 e. The van der Waals surface area contributed by atoms with Gasteiger partial charge >= 0.3 is 0 Å². The molecule has 1 aromatic carbocycles. The van der Waals surface area contributed by atoms with Gasteiger partial charge in [0.2, 0.25) is 0 Å². The summed E-state index contributed by atoms with van der Waals surface area (Å²) in [5, 5.41) is 3.07. The number of piperidine rings is 1. The van der Waals surface area contributed by atoms with Crippen molar-refractivity contribution in [2.24, 2.45) is 5.92 Å². The van der Waals surface area contributed by atoms with Gasteiger partial charge < -0.3 is 15.0 Å². The van der Waals surface area contributed by atoms with Gasteiger partial charge in [-0.2, -0.15) is 0 Å². The molecule has 1 N–H and O–H groups in total. The van der Waals surface area contributed by atoms with Gasteiger partial charge in [0.1, 0.15) is 5.75 Å². The normalized spacial score (nSPS) is 15.0. The Morgan fingerprint density at radius 3 is 2.64 bits per heavy atom. The van der Waals surface area contributed by atoms with Crippen LogP contribution in [0.25, 0.3) is 0 Å². The molecule has 0 radical (unpaired) electrons. The van der Waals surface area contributed by atoms with E-state index in [2.05, 4.69) is 15.2 Å². The van der Waals surface area contributed by atoms with Crippen LogP contribution in [0.5, 0.6) is 5.75 Å². The first-order chi connectivity index (χ1) is 12.3. The number of nitrogens with zero attached hydrogens (tertiary/aromatic N) is 2. The molecule has 2 aromatic rings. The highest BCUT2D eigenvalue weighted by molar-refractivity contribution is 5.96. The number of hydrogen-bond donors (Lipinski definition) is 1. The number of aromatic nitrogens is 1. The topological polar surface area (TPSA) is 54.5 Å². The molecule has 25 heavy (non-hydrogen) atoms. The third-order valence-corrected chi connectivity index (χ3v) is 4.63. The van der Waals surface area contributed by atoms with Gasteiger partial charge in [0.25, 0.3) is 5.91 Å². The molecule has 0 unspecified atom stereocenters. The maximum absolute atomic E-state index is 12.5. The van der Waals surface area contributed by atoms with Crippen molar-refractivity contribution in [2.75, 3.05) is 31.1 Å². The number of pyridine rings is 1. The van der Waals surface area contributed by atoms with Crippen molar-refractivity contribution >= 4 is 11.6 Å². The first-order valence-corrected chi connectivity index (χ1v) is 8.93. The lowest BCUT2D eigenvalue weighted by Gasteiger charge is -2.33. The van der Waals surface area contributed by atoms with Gasteiger partial charge in [0, 0.05) is 37.7 Å². The molecule has 0 spiro atoms. The van der Waals surface area contributed by atoms with Crippen molar-refractivity contribution in [3.63, 3.8) is 0 Å². The summed E-state index contributed by atoms with van der Waals surface area (Å²) in [5.74, 6) is 1.11. The molecule has 1 fully saturated rings. The molecule has 132 valence electrons. The largest absolute Gasteiger partial charge is 0.493 e. The molecular weight excluding hydrogens is 314 g/mol. The molecule has 3 rings (SSSR count). The summed E-state index contributed by atoms with van der Waals surface area (Å²) < 4.78 is 5.54. The molecule has 1 aromatic heterocycles. The molecule has 1 aliphatic rings. The van der Waals surface area contributed by atoms with E-state index in [0.29, 0.717) is 30.4 Å². The van der Waals surface area contributed by atoms with Crippen LogP contribution in [0.2, 0.25) is 0 Å². The second kappa shape index (κ2) is 8.51. The Kier molecular flexibility index (Phi) is 5.88. The molecule has 0 bridgehead atoms. The van der Waals surface area contributed by atoms with Crippen LogP contribution in [0.4, 0.5) is 5.69 Å². The Morgan fingerprint density at radius 1 is 1.20 bits per heavy atom. The second-order valence-electron chi connectivity index (χ2n) is 6.28. The number of anilines is 1. The maximum Gasteiger partial charge on any atom is 0.255 e. The molecule has 1 amide bonds. The predicted octanol–water partition coefficient (Wildman–Crippen LogP) is 3.13. The Balaban J connectivity index is 1.49. The first kappa shape index (κ1) is 17.3. The molecule has 0 saturated carbocycles. The van der Waals surface area contributed by atoms with E-state index in [1.807, 2.05) is 55.7 Å². The van der Waals surface area contributed by atoms with Crippen LogP contribution in [-0.4, -0.2) is 37.1 Å². The number of nitrogens with one attached hydrogen (secondary N) is 1. The van der Waals surface area contributed by atoms with Gasteiger partial charge in [-0.25, -0.2) is 0 Å². The third kappa shape index (κ3) is 4.50. The molecule has 5 heteroatoms. The van der Waals surface area contributed by atoms with Crippen molar-refractivity contribution in [1.29, 1.82) is 0 Å². The van der Waals surface area contributed by atoms with Gasteiger partial charge in [-0.1, -0.05) is 12.1 Å². The lowest BCUT2D eigenvalue weighted by Crippen LogP contribution is -2.38. The highest BCUT2D eigenvalue weighted by atomic mass is 16.5. The van der Waals surface area contributed by atoms with E-state index in [0.717, 1.165) is 25.9 Å². The van der Waals surface area contributed by atoms with Crippen LogP contribution in [0.3, 0.4) is 0 Å². The Morgan fingerprint density at radius 2 is 1.92 bits per heavy atom. The molecule has 1 aliphatic heterocycles. The summed E-state index contributed by atoms with van der Waals surface area (Å²) in [5.41, 5.74) is 1.83. The quantitative estimate of drug-likeness (QED) is 0.878. The maximum atomic E-state index is 12.5. The summed E-state index contributed by atoms with van der Waals surface area (Å²) in [6, 6.07) is 11.5. The number of benzene rings is 1. The Hall–Kier alpha value is -2.56. The van der Waals surface area contributed by atoms with Gasteiger partial charge in [-0.3, -0.25) is 9.78 Å². The average molecular weight is 339 g/mol. The number of carbonyl (C=O) groups excluding carboxylic acids is 1. The van der Waals surface area contributed by atoms with Crippen molar-refractivity contribution in [2.45, 2.75) is 19.8 Å². The number of carbonyl (C=O) groups is 1. The van der Waals surface area contributed by atoms with Crippen LogP contribution >= 0.6 is 0 Å². The van der Waals surface area contributed by atoms with Gasteiger partial charge in [-0.05, 0) is 49.9 Å². The summed E-state index contributed by atoms with van der Waals surface area (Å²) in [6.45, 7) is 5.21. The molecular formula is C20H25N3O2. The second-order valence-corrected chi connectivity index (χ2v) is 6.28. The minimum Gasteiger partial charge on any atom is -0.493 e. The van der Waals surface area contributed by atoms with Crippen molar-refractivity contribution in [3.8, 4) is 5.75 Å². The minimum atomic E-state index is -0.0550. The van der Waals surface area contributed by atoms with Gasteiger partial charge in [0.05, 0.1) is 12.2 Å². The number of rotatable bonds is 6. The first-order valence-electron chi connectivity index (χ1n) is 8.93. The van der Waals surface area contributed by atoms with Crippen LogP contribution in [-0.2, 0) is 0 Å². The lowest BCUT2D eigenvalue weighted by atomic mass is 9.96. The zero-order valence-corrected chi connectivity index (χ0v) is 14.6. The van der Waals surface area contributed by atoms with Crippen LogP contribution in [0, 0.1) is 5.92 Å². The van der Waals surface area contributed by atoms with Crippen LogP contribution in [0.1, 0.15) is 30.1 Å². The number of ether oxygens (including phenoxy) is 1. The standard InChI is InChI=1S/C20H25N3O2/c1-2-25-19-6-4-3-5-18(19)20(24)22-15-16-9-13-23(14-10-16)17-7-11-21-12-8-17/h3-8,11-12,16H,2,9-10,13-15H2,1H3,(H,22,24). The van der Waals surface area contributed by atoms with E-state index < -0.39 is 0 Å². The van der Waals surface area contributed by atoms with Gasteiger partial charge in [-0.15, -0.1) is 0 Å². The molecule has 2 heterocycles. The fraction of sp³-hybridized carbons (Fsp3) is 0.400. The SMILES string of the molecule is CCOc1ccccc1C(=O)NCC1CCN(c2ccncc2)CC1. The van der Waals surface area contributed by atoms with Gasteiger partial charge in [0.15, 0.2) is 0 Å². The third-order valence-electron chi connectivity index (χ3n) is 4.63. The Labute approximate surface area is 149 Å². The van der Waals surface area contributed by atoms with E-state index >= 15 is 0 Å². The van der Waals surface area contributed by atoms with Crippen LogP contribution < -0.4 is 15.0 Å². The van der Waals surface area contributed by atoms with E-state index in [9.17, 15) is 4.79 Å². The molecule has 5 nitrogen and oxygen atoms in total. The fourth-order valence-corrected chi connectivity index (χ4v) is 3.22. The average Bonchev–Trinajstić information content (AvgIpc) is 2.68. The molecule has 0 atom stereocenters. The predicted molar refractivity (Wildman–Crippen MR) is 99.1 cm³/mol. The van der Waals surface area contributed by atoms with Crippen molar-refractivity contribution in [3.05, 3.63) is 54.4 Å². The van der Waals surface area contributed by atoms with E-state index in [1.54, 1.807) is 0 Å². The zero-order chi connectivity index (χ0) is 17.5. The monoisotopic (exact) mass is 339 g/mol. The number of para-hydroxylation sites is 1. The highest BCUT2D eigenvalue weighted by Crippen LogP contribution is 2.23. The van der Waals surface area contributed by atoms with Crippen molar-refractivity contribution < 1.29 is 9.53 Å². The van der Waals surface area contributed by atoms with E-state index in [4.69, 9.17) is 4.74 Å². The number of hydrogen-bond acceptors (Lipinski definition) is 4. The molecule has 0 aliphatic carbocycles.